The van der Waals surface area contributed by atoms with Crippen LogP contribution in [0.25, 0.3) is 0 Å². The molecule has 0 saturated heterocycles. The summed E-state index contributed by atoms with van der Waals surface area (Å²) >= 11 is 0. The minimum absolute atomic E-state index is 0.107. The second-order valence-corrected chi connectivity index (χ2v) is 2.36. The molecule has 1 aliphatic heterocycles. The normalized spacial score (nSPS) is 21.7. The van der Waals surface area contributed by atoms with E-state index >= 15 is 0 Å². The van der Waals surface area contributed by atoms with Gasteiger partial charge in [-0.2, -0.15) is 18.4 Å². The zero-order valence-corrected chi connectivity index (χ0v) is 6.49. The number of aliphatic imine (C=N–C) groups is 1. The number of halogens is 3. The van der Waals surface area contributed by atoms with Gasteiger partial charge in [0, 0.05) is 12.4 Å². The van der Waals surface area contributed by atoms with Gasteiger partial charge in [-0.3, -0.25) is 9.89 Å². The Morgan fingerprint density at radius 3 is 2.77 bits per heavy atom. The number of hydrogen-bond donors (Lipinski definition) is 0. The summed E-state index contributed by atoms with van der Waals surface area (Å²) in [5.41, 5.74) is 0. The zero-order valence-electron chi connectivity index (χ0n) is 6.49. The number of nitrogens with zero attached hydrogens (tertiary/aromatic N) is 3. The van der Waals surface area contributed by atoms with Gasteiger partial charge in [0.05, 0.1) is 12.5 Å². The summed E-state index contributed by atoms with van der Waals surface area (Å²) in [6, 6.07) is 1.65. The van der Waals surface area contributed by atoms with E-state index in [1.165, 1.54) is 12.3 Å². The van der Waals surface area contributed by atoms with Crippen LogP contribution in [0.3, 0.4) is 0 Å². The fraction of sp³-hybridized carbons (Fsp3) is 0.429. The molecule has 0 fully saturated rings. The Labute approximate surface area is 72.8 Å². The fourth-order valence-electron chi connectivity index (χ4n) is 0.938. The predicted molar refractivity (Wildman–Crippen MR) is 39.5 cm³/mol. The Balaban J connectivity index is 2.78. The minimum atomic E-state index is -4.48. The molecule has 1 heterocycles. The first-order valence-electron chi connectivity index (χ1n) is 3.48. The van der Waals surface area contributed by atoms with Crippen LogP contribution < -0.4 is 0 Å². The lowest BCUT2D eigenvalue weighted by molar-refractivity contribution is -0.238. The second kappa shape index (κ2) is 3.47. The largest absolute Gasteiger partial charge is 0.486 e. The highest BCUT2D eigenvalue weighted by molar-refractivity contribution is 5.71. The van der Waals surface area contributed by atoms with Gasteiger partial charge >= 0.3 is 6.30 Å². The summed E-state index contributed by atoms with van der Waals surface area (Å²) < 4.78 is 36.6. The molecule has 0 aromatic carbocycles. The summed E-state index contributed by atoms with van der Waals surface area (Å²) in [5.74, 6) is 0. The molecule has 13 heavy (non-hydrogen) atoms. The maximum absolute atomic E-state index is 12.2. The lowest BCUT2D eigenvalue weighted by Crippen LogP contribution is -2.41. The Bertz CT molecular complexity index is 274. The molecule has 0 aliphatic carbocycles. The summed E-state index contributed by atoms with van der Waals surface area (Å²) in [6.07, 6.45) is -2.59. The number of rotatable bonds is 1. The number of alkyl halides is 3. The molecule has 0 aromatic rings. The Kier molecular flexibility index (Phi) is 2.56. The Morgan fingerprint density at radius 1 is 1.54 bits per heavy atom. The van der Waals surface area contributed by atoms with E-state index in [4.69, 9.17) is 5.26 Å². The summed E-state index contributed by atoms with van der Waals surface area (Å²) in [4.78, 5) is 3.65. The minimum Gasteiger partial charge on any atom is -0.267 e. The van der Waals surface area contributed by atoms with Gasteiger partial charge in [0.25, 0.3) is 0 Å². The molecular weight excluding hydrogens is 183 g/mol. The number of nitriles is 1. The van der Waals surface area contributed by atoms with Crippen LogP contribution in [-0.2, 0) is 0 Å². The van der Waals surface area contributed by atoms with Crippen LogP contribution in [0.1, 0.15) is 6.42 Å². The van der Waals surface area contributed by atoms with Crippen molar-refractivity contribution in [1.29, 1.82) is 5.26 Å². The van der Waals surface area contributed by atoms with E-state index in [0.717, 1.165) is 6.20 Å². The van der Waals surface area contributed by atoms with Crippen molar-refractivity contribution < 1.29 is 13.2 Å². The lowest BCUT2D eigenvalue weighted by Gasteiger charge is -2.29. The van der Waals surface area contributed by atoms with E-state index in [0.29, 0.717) is 0 Å². The molecule has 0 aromatic heterocycles. The van der Waals surface area contributed by atoms with Crippen molar-refractivity contribution in [3.8, 4) is 6.07 Å². The van der Waals surface area contributed by atoms with E-state index in [1.54, 1.807) is 6.07 Å². The standard InChI is InChI=1S/C7H6F3N3/c8-7(9,10)13-5-1-4-12-6(13)2-3-11/h1,4-6H,2H2. The molecule has 1 atom stereocenters. The van der Waals surface area contributed by atoms with Crippen molar-refractivity contribution in [2.45, 2.75) is 18.9 Å². The highest BCUT2D eigenvalue weighted by Gasteiger charge is 2.40. The van der Waals surface area contributed by atoms with E-state index in [1.807, 2.05) is 0 Å². The molecule has 0 N–H and O–H groups in total. The number of allylic oxidation sites excluding steroid dienone is 1. The third-order valence-electron chi connectivity index (χ3n) is 1.48. The first-order chi connectivity index (χ1) is 6.05. The molecule has 0 saturated carbocycles. The first kappa shape index (κ1) is 9.58. The van der Waals surface area contributed by atoms with Crippen molar-refractivity contribution >= 4 is 6.21 Å². The average Bonchev–Trinajstić information content (AvgIpc) is 2.04. The maximum atomic E-state index is 12.2. The van der Waals surface area contributed by atoms with Crippen molar-refractivity contribution in [1.82, 2.24) is 4.90 Å². The molecular formula is C7H6F3N3. The molecule has 0 spiro atoms. The van der Waals surface area contributed by atoms with E-state index in [9.17, 15) is 13.2 Å². The third kappa shape index (κ3) is 2.21. The van der Waals surface area contributed by atoms with E-state index in [2.05, 4.69) is 4.99 Å². The van der Waals surface area contributed by atoms with Crippen molar-refractivity contribution in [2.75, 3.05) is 0 Å². The summed E-state index contributed by atoms with van der Waals surface area (Å²) in [5, 5.41) is 8.26. The van der Waals surface area contributed by atoms with E-state index < -0.39 is 12.5 Å². The smallest absolute Gasteiger partial charge is 0.267 e. The highest BCUT2D eigenvalue weighted by Crippen LogP contribution is 2.27. The van der Waals surface area contributed by atoms with Crippen molar-refractivity contribution in [2.24, 2.45) is 4.99 Å². The Morgan fingerprint density at radius 2 is 2.23 bits per heavy atom. The molecule has 0 radical (unpaired) electrons. The van der Waals surface area contributed by atoms with Crippen LogP contribution in [0.2, 0.25) is 0 Å². The molecule has 1 rings (SSSR count). The summed E-state index contributed by atoms with van der Waals surface area (Å²) in [7, 11) is 0. The molecule has 1 unspecified atom stereocenters. The van der Waals surface area contributed by atoms with Gasteiger partial charge in [0.1, 0.15) is 6.17 Å². The van der Waals surface area contributed by atoms with Gasteiger partial charge in [0.2, 0.25) is 0 Å². The van der Waals surface area contributed by atoms with Crippen LogP contribution in [0.5, 0.6) is 0 Å². The van der Waals surface area contributed by atoms with E-state index in [-0.39, 0.29) is 11.3 Å². The van der Waals surface area contributed by atoms with Gasteiger partial charge in [-0.05, 0) is 6.08 Å². The van der Waals surface area contributed by atoms with Crippen molar-refractivity contribution in [3.63, 3.8) is 0 Å². The van der Waals surface area contributed by atoms with Gasteiger partial charge < -0.3 is 0 Å². The molecule has 1 aliphatic rings. The van der Waals surface area contributed by atoms with Crippen LogP contribution >= 0.6 is 0 Å². The predicted octanol–water partition coefficient (Wildman–Crippen LogP) is 1.65. The Hall–Kier alpha value is -1.51. The number of hydrogen-bond acceptors (Lipinski definition) is 3. The summed E-state index contributed by atoms with van der Waals surface area (Å²) in [6.45, 7) is 0. The molecule has 70 valence electrons. The maximum Gasteiger partial charge on any atom is 0.486 e. The van der Waals surface area contributed by atoms with Crippen LogP contribution in [0, 0.1) is 11.3 Å². The molecule has 3 nitrogen and oxygen atoms in total. The lowest BCUT2D eigenvalue weighted by atomic mass is 10.3. The quantitative estimate of drug-likeness (QED) is 0.588. The van der Waals surface area contributed by atoms with Crippen LogP contribution in [-0.4, -0.2) is 23.6 Å². The fourth-order valence-corrected chi connectivity index (χ4v) is 0.938. The van der Waals surface area contributed by atoms with Gasteiger partial charge in [0.15, 0.2) is 0 Å². The van der Waals surface area contributed by atoms with Gasteiger partial charge in [-0.15, -0.1) is 0 Å². The SMILES string of the molecule is N#CCC1N=CC=CN1C(F)(F)F. The van der Waals surface area contributed by atoms with Gasteiger partial charge in [-0.1, -0.05) is 0 Å². The topological polar surface area (TPSA) is 39.4 Å². The van der Waals surface area contributed by atoms with Crippen molar-refractivity contribution in [3.05, 3.63) is 12.3 Å². The first-order valence-corrected chi connectivity index (χ1v) is 3.48. The zero-order chi connectivity index (χ0) is 9.90. The monoisotopic (exact) mass is 189 g/mol. The highest BCUT2D eigenvalue weighted by atomic mass is 19.4. The average molecular weight is 189 g/mol. The molecule has 0 bridgehead atoms. The molecule has 0 amide bonds. The van der Waals surface area contributed by atoms with Gasteiger partial charge in [-0.25, -0.2) is 0 Å². The molecule has 6 heteroatoms. The van der Waals surface area contributed by atoms with Crippen LogP contribution in [0.4, 0.5) is 13.2 Å². The second-order valence-electron chi connectivity index (χ2n) is 2.36. The third-order valence-corrected chi connectivity index (χ3v) is 1.48. The van der Waals surface area contributed by atoms with Crippen LogP contribution in [0.15, 0.2) is 17.3 Å².